The lowest BCUT2D eigenvalue weighted by Crippen LogP contribution is -2.15. The molecule has 0 radical (unpaired) electrons. The van der Waals surface area contributed by atoms with Gasteiger partial charge in [-0.15, -0.1) is 0 Å². The van der Waals surface area contributed by atoms with Crippen molar-refractivity contribution in [2.24, 2.45) is 0 Å². The van der Waals surface area contributed by atoms with Gasteiger partial charge in [0.25, 0.3) is 10.0 Å². The molecule has 0 aliphatic rings. The van der Waals surface area contributed by atoms with Crippen LogP contribution in [0.2, 0.25) is 0 Å². The van der Waals surface area contributed by atoms with E-state index in [1.54, 1.807) is 36.4 Å². The van der Waals surface area contributed by atoms with E-state index in [9.17, 15) is 17.2 Å². The second-order valence-electron chi connectivity index (χ2n) is 8.64. The minimum Gasteiger partial charge on any atom is -0.491 e. The number of fused-ring (bicyclic) bond motifs is 1. The molecule has 0 saturated heterocycles. The first-order valence-electron chi connectivity index (χ1n) is 12.1. The van der Waals surface area contributed by atoms with Gasteiger partial charge in [-0.05, 0) is 60.2 Å². The van der Waals surface area contributed by atoms with Gasteiger partial charge in [-0.1, -0.05) is 6.07 Å². The van der Waals surface area contributed by atoms with Crippen molar-refractivity contribution >= 4 is 38.1 Å². The number of aliphatic hydroxyl groups is 1. The number of aliphatic hydroxyl groups excluding tert-OH is 1. The summed E-state index contributed by atoms with van der Waals surface area (Å²) >= 11 is 0. The molecular weight excluding hydrogens is 556 g/mol. The van der Waals surface area contributed by atoms with E-state index in [0.717, 1.165) is 17.8 Å². The molecule has 0 bridgehead atoms. The van der Waals surface area contributed by atoms with Crippen molar-refractivity contribution in [1.82, 2.24) is 15.0 Å². The van der Waals surface area contributed by atoms with E-state index < -0.39 is 26.6 Å². The smallest absolute Gasteiger partial charge is 0.264 e. The van der Waals surface area contributed by atoms with Gasteiger partial charge in [-0.3, -0.25) is 4.72 Å². The Morgan fingerprint density at radius 2 is 1.73 bits per heavy atom. The number of halogens is 2. The first kappa shape index (κ1) is 27.7. The third kappa shape index (κ3) is 6.15. The molecule has 5 rings (SSSR count). The number of hydrogen-bond donors (Lipinski definition) is 3. The number of hydrogen-bond acceptors (Lipinski definition) is 9. The summed E-state index contributed by atoms with van der Waals surface area (Å²) in [6.07, 6.45) is 2.93. The molecule has 0 amide bonds. The van der Waals surface area contributed by atoms with Gasteiger partial charge < -0.3 is 19.9 Å². The normalized spacial score (nSPS) is 11.3. The van der Waals surface area contributed by atoms with Crippen LogP contribution in [-0.4, -0.2) is 48.8 Å². The first-order chi connectivity index (χ1) is 19.8. The Hall–Kier alpha value is -4.88. The average Bonchev–Trinajstić information content (AvgIpc) is 2.96. The van der Waals surface area contributed by atoms with Crippen molar-refractivity contribution in [2.45, 2.75) is 4.90 Å². The topological polar surface area (TPSA) is 136 Å². The number of nitrogens with one attached hydrogen (secondary N) is 2. The summed E-state index contributed by atoms with van der Waals surface area (Å²) in [7, 11) is -3.13. The molecule has 2 heterocycles. The molecule has 10 nitrogen and oxygen atoms in total. The van der Waals surface area contributed by atoms with Crippen LogP contribution in [0.1, 0.15) is 0 Å². The highest BCUT2D eigenvalue weighted by molar-refractivity contribution is 7.92. The van der Waals surface area contributed by atoms with Crippen LogP contribution in [0, 0.1) is 11.6 Å². The van der Waals surface area contributed by atoms with Crippen molar-refractivity contribution in [3.05, 3.63) is 90.9 Å². The van der Waals surface area contributed by atoms with Gasteiger partial charge >= 0.3 is 0 Å². The minimum absolute atomic E-state index is 0.0417. The van der Waals surface area contributed by atoms with E-state index in [2.05, 4.69) is 25.0 Å². The predicted molar refractivity (Wildman–Crippen MR) is 149 cm³/mol. The quantitative estimate of drug-likeness (QED) is 0.211. The number of methoxy groups -OCH3 is 1. The molecule has 3 N–H and O–H groups in total. The van der Waals surface area contributed by atoms with Gasteiger partial charge in [0, 0.05) is 28.9 Å². The fraction of sp³-hybridized carbons (Fsp3) is 0.107. The predicted octanol–water partition coefficient (Wildman–Crippen LogP) is 4.89. The van der Waals surface area contributed by atoms with Crippen molar-refractivity contribution in [3.63, 3.8) is 0 Å². The van der Waals surface area contributed by atoms with E-state index in [0.29, 0.717) is 39.7 Å². The van der Waals surface area contributed by atoms with Crippen LogP contribution in [0.25, 0.3) is 22.0 Å². The Kier molecular flexibility index (Phi) is 7.90. The Morgan fingerprint density at radius 1 is 0.927 bits per heavy atom. The maximum atomic E-state index is 14.2. The molecular formula is C28H23F2N5O5S. The van der Waals surface area contributed by atoms with Crippen molar-refractivity contribution in [2.75, 3.05) is 30.4 Å². The second kappa shape index (κ2) is 11.7. The van der Waals surface area contributed by atoms with Gasteiger partial charge in [0.1, 0.15) is 46.7 Å². The summed E-state index contributed by atoms with van der Waals surface area (Å²) in [5, 5.41) is 12.9. The van der Waals surface area contributed by atoms with Crippen LogP contribution < -0.4 is 19.5 Å². The monoisotopic (exact) mass is 579 g/mol. The molecule has 0 saturated carbocycles. The lowest BCUT2D eigenvalue weighted by atomic mass is 10.0. The van der Waals surface area contributed by atoms with Gasteiger partial charge in [0.2, 0.25) is 5.88 Å². The Balaban J connectivity index is 1.47. The lowest BCUT2D eigenvalue weighted by Gasteiger charge is -2.14. The molecule has 13 heteroatoms. The molecule has 210 valence electrons. The maximum absolute atomic E-state index is 14.2. The van der Waals surface area contributed by atoms with Crippen molar-refractivity contribution < 1.29 is 31.8 Å². The van der Waals surface area contributed by atoms with Gasteiger partial charge in [-0.25, -0.2) is 32.2 Å². The van der Waals surface area contributed by atoms with Crippen LogP contribution in [-0.2, 0) is 10.0 Å². The molecule has 5 aromatic rings. The minimum atomic E-state index is -4.44. The third-order valence-corrected chi connectivity index (χ3v) is 7.32. The summed E-state index contributed by atoms with van der Waals surface area (Å²) in [4.78, 5) is 12.2. The summed E-state index contributed by atoms with van der Waals surface area (Å²) in [6.45, 7) is 0.109. The number of nitrogens with zero attached hydrogens (tertiary/aromatic N) is 3. The largest absolute Gasteiger partial charge is 0.491 e. The van der Waals surface area contributed by atoms with Crippen molar-refractivity contribution in [1.29, 1.82) is 0 Å². The average molecular weight is 580 g/mol. The zero-order chi connectivity index (χ0) is 29.0. The third-order valence-electron chi connectivity index (χ3n) is 5.92. The summed E-state index contributed by atoms with van der Waals surface area (Å²) in [6, 6.07) is 16.2. The van der Waals surface area contributed by atoms with Gasteiger partial charge in [0.05, 0.1) is 19.2 Å². The van der Waals surface area contributed by atoms with E-state index in [1.807, 2.05) is 6.07 Å². The SMILES string of the molecule is COc1ncc(-c2ccc3ncnc(Nc4ccc(OCCO)cc4)c3c2)cc1NS(=O)(=O)c1ccc(F)cc1F. The molecule has 0 aliphatic heterocycles. The molecule has 0 fully saturated rings. The number of benzene rings is 3. The van der Waals surface area contributed by atoms with Crippen LogP contribution >= 0.6 is 0 Å². The highest BCUT2D eigenvalue weighted by Gasteiger charge is 2.22. The molecule has 0 atom stereocenters. The number of anilines is 3. The molecule has 3 aromatic carbocycles. The van der Waals surface area contributed by atoms with Crippen LogP contribution in [0.4, 0.5) is 26.0 Å². The zero-order valence-corrected chi connectivity index (χ0v) is 22.3. The fourth-order valence-electron chi connectivity index (χ4n) is 4.01. The molecule has 0 unspecified atom stereocenters. The number of sulfonamides is 1. The van der Waals surface area contributed by atoms with Crippen LogP contribution in [0.5, 0.6) is 11.6 Å². The highest BCUT2D eigenvalue weighted by Crippen LogP contribution is 2.33. The summed E-state index contributed by atoms with van der Waals surface area (Å²) < 4.78 is 66.3. The van der Waals surface area contributed by atoms with E-state index >= 15 is 0 Å². The van der Waals surface area contributed by atoms with Crippen LogP contribution in [0.3, 0.4) is 0 Å². The second-order valence-corrected chi connectivity index (χ2v) is 10.3. The summed E-state index contributed by atoms with van der Waals surface area (Å²) in [5.74, 6) is -1.05. The van der Waals surface area contributed by atoms with Gasteiger partial charge in [-0.2, -0.15) is 0 Å². The van der Waals surface area contributed by atoms with E-state index in [1.165, 1.54) is 25.7 Å². The van der Waals surface area contributed by atoms with Crippen molar-refractivity contribution in [3.8, 4) is 22.8 Å². The first-order valence-corrected chi connectivity index (χ1v) is 13.6. The molecule has 0 spiro atoms. The number of ether oxygens (including phenoxy) is 2. The van der Waals surface area contributed by atoms with E-state index in [4.69, 9.17) is 14.6 Å². The standard InChI is InChI=1S/C28H23F2N5O5S/c1-39-28-25(35-41(37,38)26-9-3-19(29)14-23(26)30)13-18(15-31-28)17-2-8-24-22(12-17)27(33-16-32-24)34-20-4-6-21(7-5-20)40-11-10-36/h2-9,12-16,35-36H,10-11H2,1H3,(H,32,33,34). The Bertz CT molecular complexity index is 1820. The number of pyridine rings is 1. The molecule has 41 heavy (non-hydrogen) atoms. The van der Waals surface area contributed by atoms with Crippen LogP contribution in [0.15, 0.2) is 84.1 Å². The molecule has 0 aliphatic carbocycles. The fourth-order valence-corrected chi connectivity index (χ4v) is 5.12. The lowest BCUT2D eigenvalue weighted by molar-refractivity contribution is 0.201. The maximum Gasteiger partial charge on any atom is 0.264 e. The Morgan fingerprint density at radius 3 is 2.46 bits per heavy atom. The van der Waals surface area contributed by atoms with E-state index in [-0.39, 0.29) is 24.8 Å². The number of aromatic nitrogens is 3. The molecule has 2 aromatic heterocycles. The zero-order valence-electron chi connectivity index (χ0n) is 21.5. The van der Waals surface area contributed by atoms with Gasteiger partial charge in [0.15, 0.2) is 0 Å². The summed E-state index contributed by atoms with van der Waals surface area (Å²) in [5.41, 5.74) is 2.53. The number of rotatable bonds is 10. The highest BCUT2D eigenvalue weighted by atomic mass is 32.2. The Labute approximate surface area is 233 Å².